The van der Waals surface area contributed by atoms with Gasteiger partial charge in [-0.1, -0.05) is 23.5 Å². The number of nitrogens with one attached hydrogen (secondary N) is 1. The number of hydrogen-bond donors (Lipinski definition) is 1. The SMILES string of the molecule is CN(C)S(=O)(=O)c1ccc(C(=O)OCC(=O)Nc2nc3ccccc3s2)cc1. The van der Waals surface area contributed by atoms with Gasteiger partial charge >= 0.3 is 5.97 Å². The Morgan fingerprint density at radius 3 is 2.43 bits per heavy atom. The quantitative estimate of drug-likeness (QED) is 0.615. The summed E-state index contributed by atoms with van der Waals surface area (Å²) in [6.07, 6.45) is 0. The maximum Gasteiger partial charge on any atom is 0.338 e. The van der Waals surface area contributed by atoms with Gasteiger partial charge in [-0.05, 0) is 36.4 Å². The van der Waals surface area contributed by atoms with Crippen molar-refractivity contribution in [1.82, 2.24) is 9.29 Å². The predicted molar refractivity (Wildman–Crippen MR) is 106 cm³/mol. The van der Waals surface area contributed by atoms with Gasteiger partial charge in [0.05, 0.1) is 20.7 Å². The van der Waals surface area contributed by atoms with Crippen molar-refractivity contribution >= 4 is 48.6 Å². The molecule has 0 aliphatic rings. The highest BCUT2D eigenvalue weighted by atomic mass is 32.2. The summed E-state index contributed by atoms with van der Waals surface area (Å²) in [6.45, 7) is -0.480. The van der Waals surface area contributed by atoms with Gasteiger partial charge in [0.25, 0.3) is 5.91 Å². The Labute approximate surface area is 165 Å². The average molecular weight is 419 g/mol. The fraction of sp³-hybridized carbons (Fsp3) is 0.167. The molecule has 0 aliphatic carbocycles. The summed E-state index contributed by atoms with van der Waals surface area (Å²) >= 11 is 1.32. The fourth-order valence-corrected chi connectivity index (χ4v) is 4.05. The number of thiazole rings is 1. The number of hydrogen-bond acceptors (Lipinski definition) is 7. The van der Waals surface area contributed by atoms with Crippen molar-refractivity contribution in [2.24, 2.45) is 0 Å². The van der Waals surface area contributed by atoms with Gasteiger partial charge in [0.1, 0.15) is 0 Å². The number of fused-ring (bicyclic) bond motifs is 1. The van der Waals surface area contributed by atoms with Gasteiger partial charge in [0, 0.05) is 14.1 Å². The number of benzene rings is 2. The highest BCUT2D eigenvalue weighted by Gasteiger charge is 2.18. The van der Waals surface area contributed by atoms with Crippen molar-refractivity contribution in [3.05, 3.63) is 54.1 Å². The number of nitrogens with zero attached hydrogens (tertiary/aromatic N) is 2. The number of para-hydroxylation sites is 1. The van der Waals surface area contributed by atoms with E-state index in [1.165, 1.54) is 49.7 Å². The number of ether oxygens (including phenoxy) is 1. The van der Waals surface area contributed by atoms with Crippen molar-refractivity contribution in [3.8, 4) is 0 Å². The number of amides is 1. The lowest BCUT2D eigenvalue weighted by molar-refractivity contribution is -0.119. The number of carbonyl (C=O) groups excluding carboxylic acids is 2. The van der Waals surface area contributed by atoms with Crippen molar-refractivity contribution in [3.63, 3.8) is 0 Å². The molecule has 0 saturated heterocycles. The molecule has 8 nitrogen and oxygen atoms in total. The van der Waals surface area contributed by atoms with Crippen LogP contribution in [0.3, 0.4) is 0 Å². The molecule has 146 valence electrons. The molecule has 3 rings (SSSR count). The first-order valence-corrected chi connectivity index (χ1v) is 10.4. The predicted octanol–water partition coefficient (Wildman–Crippen LogP) is 2.34. The first-order chi connectivity index (χ1) is 13.3. The van der Waals surface area contributed by atoms with Gasteiger partial charge in [-0.3, -0.25) is 10.1 Å². The van der Waals surface area contributed by atoms with Gasteiger partial charge < -0.3 is 4.74 Å². The molecule has 0 bridgehead atoms. The molecule has 10 heteroatoms. The van der Waals surface area contributed by atoms with Crippen LogP contribution in [0.25, 0.3) is 10.2 Å². The summed E-state index contributed by atoms with van der Waals surface area (Å²) < 4.78 is 31.0. The molecule has 1 amide bonds. The fourth-order valence-electron chi connectivity index (χ4n) is 2.27. The van der Waals surface area contributed by atoms with Crippen LogP contribution >= 0.6 is 11.3 Å². The van der Waals surface area contributed by atoms with E-state index >= 15 is 0 Å². The van der Waals surface area contributed by atoms with E-state index in [-0.39, 0.29) is 10.5 Å². The molecule has 1 heterocycles. The van der Waals surface area contributed by atoms with E-state index in [0.717, 1.165) is 14.5 Å². The van der Waals surface area contributed by atoms with Crippen LogP contribution in [0.2, 0.25) is 0 Å². The molecule has 1 N–H and O–H groups in total. The van der Waals surface area contributed by atoms with Crippen LogP contribution in [-0.4, -0.2) is 50.3 Å². The van der Waals surface area contributed by atoms with E-state index in [0.29, 0.717) is 5.13 Å². The molecule has 1 aromatic heterocycles. The highest BCUT2D eigenvalue weighted by molar-refractivity contribution is 7.89. The molecule has 0 radical (unpaired) electrons. The van der Waals surface area contributed by atoms with E-state index in [1.807, 2.05) is 24.3 Å². The van der Waals surface area contributed by atoms with Crippen LogP contribution in [0.4, 0.5) is 5.13 Å². The Hall–Kier alpha value is -2.82. The minimum absolute atomic E-state index is 0.0580. The van der Waals surface area contributed by atoms with Crippen molar-refractivity contribution < 1.29 is 22.7 Å². The summed E-state index contributed by atoms with van der Waals surface area (Å²) in [7, 11) is -0.743. The van der Waals surface area contributed by atoms with E-state index in [9.17, 15) is 18.0 Å². The largest absolute Gasteiger partial charge is 0.452 e. The molecule has 0 unspecified atom stereocenters. The van der Waals surface area contributed by atoms with Gasteiger partial charge in [-0.25, -0.2) is 22.5 Å². The molecule has 2 aromatic carbocycles. The summed E-state index contributed by atoms with van der Waals surface area (Å²) in [5, 5.41) is 3.00. The standard InChI is InChI=1S/C18H17N3O5S2/c1-21(2)28(24,25)13-9-7-12(8-10-13)17(23)26-11-16(22)20-18-19-14-5-3-4-6-15(14)27-18/h3-10H,11H2,1-2H3,(H,19,20,22). The monoisotopic (exact) mass is 419 g/mol. The molecule has 0 atom stereocenters. The van der Waals surface area contributed by atoms with E-state index in [4.69, 9.17) is 4.74 Å². The van der Waals surface area contributed by atoms with Crippen LogP contribution in [0.15, 0.2) is 53.4 Å². The van der Waals surface area contributed by atoms with Gasteiger partial charge in [-0.15, -0.1) is 0 Å². The molecule has 0 aliphatic heterocycles. The number of esters is 1. The van der Waals surface area contributed by atoms with E-state index in [2.05, 4.69) is 10.3 Å². The summed E-state index contributed by atoms with van der Waals surface area (Å²) in [4.78, 5) is 28.4. The van der Waals surface area contributed by atoms with Crippen LogP contribution in [-0.2, 0) is 19.6 Å². The third kappa shape index (κ3) is 4.35. The third-order valence-electron chi connectivity index (χ3n) is 3.74. The number of sulfonamides is 1. The second-order valence-electron chi connectivity index (χ2n) is 5.92. The van der Waals surface area contributed by atoms with Crippen LogP contribution in [0.5, 0.6) is 0 Å². The maximum absolute atomic E-state index is 12.1. The van der Waals surface area contributed by atoms with E-state index < -0.39 is 28.5 Å². The molecule has 0 saturated carbocycles. The maximum atomic E-state index is 12.1. The molecular formula is C18H17N3O5S2. The topological polar surface area (TPSA) is 106 Å². The zero-order valence-electron chi connectivity index (χ0n) is 15.1. The average Bonchev–Trinajstić information content (AvgIpc) is 3.08. The van der Waals surface area contributed by atoms with E-state index in [1.54, 1.807) is 0 Å². The van der Waals surface area contributed by atoms with Gasteiger partial charge in [0.15, 0.2) is 11.7 Å². The number of rotatable bonds is 6. The van der Waals surface area contributed by atoms with Crippen molar-refractivity contribution in [2.45, 2.75) is 4.90 Å². The Balaban J connectivity index is 1.58. The van der Waals surface area contributed by atoms with Crippen LogP contribution in [0.1, 0.15) is 10.4 Å². The van der Waals surface area contributed by atoms with Gasteiger partial charge in [-0.2, -0.15) is 0 Å². The number of aromatic nitrogens is 1. The Morgan fingerprint density at radius 2 is 1.79 bits per heavy atom. The summed E-state index contributed by atoms with van der Waals surface area (Å²) in [5.74, 6) is -1.24. The molecule has 0 spiro atoms. The lowest BCUT2D eigenvalue weighted by Gasteiger charge is -2.11. The minimum atomic E-state index is -3.58. The molecule has 28 heavy (non-hydrogen) atoms. The number of carbonyl (C=O) groups is 2. The van der Waals surface area contributed by atoms with Crippen LogP contribution < -0.4 is 5.32 Å². The van der Waals surface area contributed by atoms with Crippen LogP contribution in [0, 0.1) is 0 Å². The Kier molecular flexibility index (Phi) is 5.73. The lowest BCUT2D eigenvalue weighted by Crippen LogP contribution is -2.22. The second-order valence-corrected chi connectivity index (χ2v) is 9.11. The highest BCUT2D eigenvalue weighted by Crippen LogP contribution is 2.25. The Morgan fingerprint density at radius 1 is 1.11 bits per heavy atom. The van der Waals surface area contributed by atoms with Crippen molar-refractivity contribution in [1.29, 1.82) is 0 Å². The zero-order chi connectivity index (χ0) is 20.3. The first kappa shape index (κ1) is 19.9. The lowest BCUT2D eigenvalue weighted by atomic mass is 10.2. The first-order valence-electron chi connectivity index (χ1n) is 8.12. The second kappa shape index (κ2) is 8.05. The summed E-state index contributed by atoms with van der Waals surface area (Å²) in [5.41, 5.74) is 0.915. The molecule has 0 fully saturated rings. The normalized spacial score (nSPS) is 11.5. The number of anilines is 1. The summed E-state index contributed by atoms with van der Waals surface area (Å²) in [6, 6.07) is 12.8. The zero-order valence-corrected chi connectivity index (χ0v) is 16.7. The van der Waals surface area contributed by atoms with Gasteiger partial charge in [0.2, 0.25) is 10.0 Å². The molecular weight excluding hydrogens is 402 g/mol. The minimum Gasteiger partial charge on any atom is -0.452 e. The third-order valence-corrected chi connectivity index (χ3v) is 6.52. The molecule has 3 aromatic rings. The smallest absolute Gasteiger partial charge is 0.338 e. The van der Waals surface area contributed by atoms with Crippen molar-refractivity contribution in [2.75, 3.05) is 26.0 Å². The Bertz CT molecular complexity index is 1090.